The summed E-state index contributed by atoms with van der Waals surface area (Å²) in [6, 6.07) is 17.2. The van der Waals surface area contributed by atoms with Crippen LogP contribution < -0.4 is 9.64 Å². The topological polar surface area (TPSA) is 62.6 Å². The fourth-order valence-electron chi connectivity index (χ4n) is 3.65. The van der Waals surface area contributed by atoms with Gasteiger partial charge in [0.05, 0.1) is 17.7 Å². The highest BCUT2D eigenvalue weighted by Gasteiger charge is 2.51. The minimum Gasteiger partial charge on any atom is -0.484 e. The predicted octanol–water partition coefficient (Wildman–Crippen LogP) is 3.20. The van der Waals surface area contributed by atoms with E-state index in [1.54, 1.807) is 6.07 Å². The Balaban J connectivity index is 1.90. The molecule has 5 nitrogen and oxygen atoms in total. The summed E-state index contributed by atoms with van der Waals surface area (Å²) in [6.45, 7) is 4.01. The molecule has 0 unspecified atom stereocenters. The molecule has 1 saturated heterocycles. The molecule has 0 bridgehead atoms. The van der Waals surface area contributed by atoms with Crippen LogP contribution in [0.25, 0.3) is 0 Å². The van der Waals surface area contributed by atoms with Crippen LogP contribution in [0.1, 0.15) is 31.0 Å². The minimum absolute atomic E-state index is 0.164. The zero-order valence-corrected chi connectivity index (χ0v) is 14.1. The smallest absolute Gasteiger partial charge is 0.326 e. The number of ether oxygens (including phenoxy) is 2. The average Bonchev–Trinajstić information content (AvgIpc) is 2.61. The van der Waals surface area contributed by atoms with Crippen molar-refractivity contribution in [1.29, 1.82) is 5.26 Å². The van der Waals surface area contributed by atoms with E-state index in [0.29, 0.717) is 5.56 Å². The van der Waals surface area contributed by atoms with Crippen molar-refractivity contribution < 1.29 is 14.3 Å². The van der Waals surface area contributed by atoms with Crippen LogP contribution in [0, 0.1) is 11.3 Å². The van der Waals surface area contributed by atoms with Gasteiger partial charge in [0.2, 0.25) is 0 Å². The zero-order chi connectivity index (χ0) is 17.6. The standard InChI is InChI=1S/C20H18N2O3/c1-20(2)19-18(15-10-13(11-21)8-9-16(15)25-20)22(12-17(23)24-19)14-6-4-3-5-7-14/h3-10,18-19H,12H2,1-2H3/t18-,19-/m1/s1. The summed E-state index contributed by atoms with van der Waals surface area (Å²) in [4.78, 5) is 14.3. The van der Waals surface area contributed by atoms with Gasteiger partial charge in [0.25, 0.3) is 0 Å². The van der Waals surface area contributed by atoms with Gasteiger partial charge in [0.15, 0.2) is 6.10 Å². The fraction of sp³-hybridized carbons (Fsp3) is 0.300. The summed E-state index contributed by atoms with van der Waals surface area (Å²) in [6.07, 6.45) is -0.463. The van der Waals surface area contributed by atoms with Crippen molar-refractivity contribution in [3.8, 4) is 11.8 Å². The summed E-state index contributed by atoms with van der Waals surface area (Å²) in [5.74, 6) is 0.450. The van der Waals surface area contributed by atoms with E-state index in [1.165, 1.54) is 0 Å². The van der Waals surface area contributed by atoms with Gasteiger partial charge in [-0.25, -0.2) is 0 Å². The number of morpholine rings is 1. The fourth-order valence-corrected chi connectivity index (χ4v) is 3.65. The van der Waals surface area contributed by atoms with Crippen LogP contribution in [0.2, 0.25) is 0 Å². The number of carbonyl (C=O) groups is 1. The zero-order valence-electron chi connectivity index (χ0n) is 14.1. The molecule has 2 aliphatic rings. The number of anilines is 1. The third kappa shape index (κ3) is 2.51. The number of rotatable bonds is 1. The van der Waals surface area contributed by atoms with E-state index in [1.807, 2.05) is 61.2 Å². The van der Waals surface area contributed by atoms with Gasteiger partial charge in [-0.3, -0.25) is 4.79 Å². The number of nitriles is 1. The second-order valence-corrected chi connectivity index (χ2v) is 6.89. The van der Waals surface area contributed by atoms with E-state index in [-0.39, 0.29) is 18.6 Å². The molecular formula is C20H18N2O3. The van der Waals surface area contributed by atoms with E-state index >= 15 is 0 Å². The molecular weight excluding hydrogens is 316 g/mol. The molecule has 0 aromatic heterocycles. The van der Waals surface area contributed by atoms with Gasteiger partial charge >= 0.3 is 5.97 Å². The van der Waals surface area contributed by atoms with Crippen molar-refractivity contribution in [2.45, 2.75) is 31.6 Å². The van der Waals surface area contributed by atoms with Crippen molar-refractivity contribution in [3.63, 3.8) is 0 Å². The first-order valence-electron chi connectivity index (χ1n) is 8.24. The van der Waals surface area contributed by atoms with Crippen LogP contribution in [0.5, 0.6) is 5.75 Å². The highest BCUT2D eigenvalue weighted by atomic mass is 16.6. The van der Waals surface area contributed by atoms with Gasteiger partial charge < -0.3 is 14.4 Å². The van der Waals surface area contributed by atoms with E-state index in [4.69, 9.17) is 9.47 Å². The number of nitrogens with zero attached hydrogens (tertiary/aromatic N) is 2. The summed E-state index contributed by atoms with van der Waals surface area (Å²) < 4.78 is 11.8. The van der Waals surface area contributed by atoms with Crippen LogP contribution in [0.4, 0.5) is 5.69 Å². The number of fused-ring (bicyclic) bond motifs is 3. The lowest BCUT2D eigenvalue weighted by Crippen LogP contribution is -2.60. The third-order valence-corrected chi connectivity index (χ3v) is 4.78. The molecule has 1 fully saturated rings. The molecule has 2 aliphatic heterocycles. The maximum Gasteiger partial charge on any atom is 0.326 e. The van der Waals surface area contributed by atoms with Crippen molar-refractivity contribution in [3.05, 3.63) is 59.7 Å². The number of hydrogen-bond acceptors (Lipinski definition) is 5. The number of benzene rings is 2. The quantitative estimate of drug-likeness (QED) is 0.750. The maximum atomic E-state index is 12.3. The van der Waals surface area contributed by atoms with Crippen molar-refractivity contribution in [2.24, 2.45) is 0 Å². The first-order chi connectivity index (χ1) is 12.0. The molecule has 2 heterocycles. The van der Waals surface area contributed by atoms with Gasteiger partial charge in [0.1, 0.15) is 17.9 Å². The lowest BCUT2D eigenvalue weighted by Gasteiger charge is -2.50. The van der Waals surface area contributed by atoms with Gasteiger partial charge in [0, 0.05) is 11.3 Å². The van der Waals surface area contributed by atoms with Crippen molar-refractivity contribution >= 4 is 11.7 Å². The lowest BCUT2D eigenvalue weighted by molar-refractivity contribution is -0.169. The van der Waals surface area contributed by atoms with E-state index in [2.05, 4.69) is 6.07 Å². The van der Waals surface area contributed by atoms with E-state index in [0.717, 1.165) is 17.0 Å². The SMILES string of the molecule is CC1(C)Oc2ccc(C#N)cc2[C@@H]2[C@H]1OC(=O)CN2c1ccccc1. The number of hydrogen-bond donors (Lipinski definition) is 0. The van der Waals surface area contributed by atoms with Crippen LogP contribution >= 0.6 is 0 Å². The van der Waals surface area contributed by atoms with Crippen LogP contribution in [0.3, 0.4) is 0 Å². The second kappa shape index (κ2) is 5.52. The minimum atomic E-state index is -0.672. The molecule has 2 aromatic rings. The molecule has 2 aromatic carbocycles. The molecule has 0 aliphatic carbocycles. The monoisotopic (exact) mass is 334 g/mol. The van der Waals surface area contributed by atoms with E-state index < -0.39 is 11.7 Å². The van der Waals surface area contributed by atoms with Gasteiger partial charge in [-0.1, -0.05) is 18.2 Å². The predicted molar refractivity (Wildman–Crippen MR) is 92.3 cm³/mol. The summed E-state index contributed by atoms with van der Waals surface area (Å²) in [5.41, 5.74) is 1.71. The Hall–Kier alpha value is -3.00. The number of esters is 1. The summed E-state index contributed by atoms with van der Waals surface area (Å²) in [5, 5.41) is 9.27. The molecule has 126 valence electrons. The first kappa shape index (κ1) is 15.5. The van der Waals surface area contributed by atoms with Crippen LogP contribution in [-0.4, -0.2) is 24.2 Å². The van der Waals surface area contributed by atoms with Crippen molar-refractivity contribution in [2.75, 3.05) is 11.4 Å². The normalized spacial score (nSPS) is 23.6. The third-order valence-electron chi connectivity index (χ3n) is 4.78. The molecule has 5 heteroatoms. The molecule has 25 heavy (non-hydrogen) atoms. The Bertz CT molecular complexity index is 870. The summed E-state index contributed by atoms with van der Waals surface area (Å²) in [7, 11) is 0. The van der Waals surface area contributed by atoms with Crippen molar-refractivity contribution in [1.82, 2.24) is 0 Å². The van der Waals surface area contributed by atoms with Gasteiger partial charge in [-0.05, 0) is 44.2 Å². The molecule has 0 radical (unpaired) electrons. The molecule has 4 rings (SSSR count). The van der Waals surface area contributed by atoms with Crippen LogP contribution in [0.15, 0.2) is 48.5 Å². The Kier molecular flexibility index (Phi) is 3.43. The Labute approximate surface area is 146 Å². The number of para-hydroxylation sites is 1. The molecule has 2 atom stereocenters. The summed E-state index contributed by atoms with van der Waals surface area (Å²) >= 11 is 0. The highest BCUT2D eigenvalue weighted by molar-refractivity contribution is 5.79. The Morgan fingerprint density at radius 1 is 1.20 bits per heavy atom. The Morgan fingerprint density at radius 2 is 1.96 bits per heavy atom. The highest BCUT2D eigenvalue weighted by Crippen LogP contribution is 2.47. The molecule has 0 spiro atoms. The average molecular weight is 334 g/mol. The van der Waals surface area contributed by atoms with E-state index in [9.17, 15) is 10.1 Å². The first-order valence-corrected chi connectivity index (χ1v) is 8.24. The molecule has 0 N–H and O–H groups in total. The largest absolute Gasteiger partial charge is 0.484 e. The molecule has 0 amide bonds. The Morgan fingerprint density at radius 3 is 2.68 bits per heavy atom. The van der Waals surface area contributed by atoms with Gasteiger partial charge in [-0.15, -0.1) is 0 Å². The van der Waals surface area contributed by atoms with Crippen LogP contribution in [-0.2, 0) is 9.53 Å². The maximum absolute atomic E-state index is 12.3. The number of carbonyl (C=O) groups excluding carboxylic acids is 1. The second-order valence-electron chi connectivity index (χ2n) is 6.89. The lowest BCUT2D eigenvalue weighted by atomic mass is 9.83. The molecule has 0 saturated carbocycles. The van der Waals surface area contributed by atoms with Gasteiger partial charge in [-0.2, -0.15) is 5.26 Å².